The van der Waals surface area contributed by atoms with Crippen LogP contribution in [0.5, 0.6) is 0 Å². The van der Waals surface area contributed by atoms with Gasteiger partial charge in [-0.1, -0.05) is 23.7 Å². The fraction of sp³-hybridized carbons (Fsp3) is 0.348. The Morgan fingerprint density at radius 1 is 1.26 bits per heavy atom. The SMILES string of the molecule is CS(=O)(=O)c1cc(F)cc2c3c(n(CCc4ccc(Cl)cc4)c12)[C@@H](CC(=O)O)CCC3. The van der Waals surface area contributed by atoms with Crippen molar-refractivity contribution in [2.75, 3.05) is 6.26 Å². The number of rotatable bonds is 6. The van der Waals surface area contributed by atoms with E-state index in [1.165, 1.54) is 6.07 Å². The fourth-order valence-corrected chi connectivity index (χ4v) is 5.74. The second kappa shape index (κ2) is 8.28. The topological polar surface area (TPSA) is 76.4 Å². The van der Waals surface area contributed by atoms with Gasteiger partial charge in [0.25, 0.3) is 0 Å². The highest BCUT2D eigenvalue weighted by atomic mass is 35.5. The monoisotopic (exact) mass is 463 g/mol. The van der Waals surface area contributed by atoms with Crippen molar-refractivity contribution in [3.8, 4) is 0 Å². The van der Waals surface area contributed by atoms with E-state index >= 15 is 0 Å². The van der Waals surface area contributed by atoms with E-state index in [4.69, 9.17) is 11.6 Å². The predicted octanol–water partition coefficient (Wildman–Crippen LogP) is 4.97. The molecule has 4 rings (SSSR count). The number of halogens is 2. The molecule has 0 aliphatic heterocycles. The molecule has 0 radical (unpaired) electrons. The lowest BCUT2D eigenvalue weighted by atomic mass is 9.84. The summed E-state index contributed by atoms with van der Waals surface area (Å²) in [5, 5.41) is 10.6. The van der Waals surface area contributed by atoms with Crippen molar-refractivity contribution < 1.29 is 22.7 Å². The molecule has 3 aromatic rings. The maximum Gasteiger partial charge on any atom is 0.304 e. The van der Waals surface area contributed by atoms with Crippen LogP contribution in [-0.4, -0.2) is 30.3 Å². The van der Waals surface area contributed by atoms with Crippen molar-refractivity contribution in [1.82, 2.24) is 4.57 Å². The quantitative estimate of drug-likeness (QED) is 0.559. The number of hydrogen-bond acceptors (Lipinski definition) is 3. The first-order chi connectivity index (χ1) is 14.6. The van der Waals surface area contributed by atoms with Crippen LogP contribution in [0, 0.1) is 5.82 Å². The minimum atomic E-state index is -3.70. The Bertz CT molecular complexity index is 1270. The van der Waals surface area contributed by atoms with E-state index in [-0.39, 0.29) is 17.2 Å². The van der Waals surface area contributed by atoms with Crippen LogP contribution in [0.25, 0.3) is 10.9 Å². The van der Waals surface area contributed by atoms with Crippen LogP contribution in [0.3, 0.4) is 0 Å². The van der Waals surface area contributed by atoms with Gasteiger partial charge in [0.1, 0.15) is 5.82 Å². The second-order valence-corrected chi connectivity index (χ2v) is 10.6. The number of hydrogen-bond donors (Lipinski definition) is 1. The molecule has 1 aliphatic rings. The normalized spacial score (nSPS) is 16.4. The Hall–Kier alpha value is -2.38. The zero-order valence-electron chi connectivity index (χ0n) is 17.1. The average molecular weight is 464 g/mol. The number of benzene rings is 2. The lowest BCUT2D eigenvalue weighted by Gasteiger charge is -2.25. The Balaban J connectivity index is 1.94. The first-order valence-electron chi connectivity index (χ1n) is 10.2. The Labute approximate surface area is 185 Å². The molecule has 0 saturated heterocycles. The van der Waals surface area contributed by atoms with E-state index < -0.39 is 21.6 Å². The Morgan fingerprint density at radius 2 is 1.97 bits per heavy atom. The third-order valence-electron chi connectivity index (χ3n) is 5.96. The minimum Gasteiger partial charge on any atom is -0.481 e. The van der Waals surface area contributed by atoms with Crippen LogP contribution < -0.4 is 0 Å². The van der Waals surface area contributed by atoms with Gasteiger partial charge in [0, 0.05) is 34.8 Å². The number of carboxylic acids is 1. The molecule has 1 heterocycles. The maximum atomic E-state index is 14.4. The van der Waals surface area contributed by atoms with Crippen LogP contribution in [0.2, 0.25) is 5.02 Å². The molecule has 5 nitrogen and oxygen atoms in total. The van der Waals surface area contributed by atoms with Gasteiger partial charge in [0.05, 0.1) is 16.8 Å². The number of aromatic nitrogens is 1. The van der Waals surface area contributed by atoms with Crippen LogP contribution in [0.4, 0.5) is 4.39 Å². The maximum absolute atomic E-state index is 14.4. The van der Waals surface area contributed by atoms with Crippen LogP contribution in [-0.2, 0) is 34.0 Å². The predicted molar refractivity (Wildman–Crippen MR) is 118 cm³/mol. The molecule has 1 atom stereocenters. The van der Waals surface area contributed by atoms with Gasteiger partial charge in [-0.15, -0.1) is 0 Å². The summed E-state index contributed by atoms with van der Waals surface area (Å²) in [7, 11) is -3.70. The molecule has 1 aliphatic carbocycles. The fourth-order valence-electron chi connectivity index (χ4n) is 4.71. The van der Waals surface area contributed by atoms with E-state index in [2.05, 4.69) is 0 Å². The van der Waals surface area contributed by atoms with E-state index in [9.17, 15) is 22.7 Å². The van der Waals surface area contributed by atoms with Crippen molar-refractivity contribution in [3.63, 3.8) is 0 Å². The number of aliphatic carboxylic acids is 1. The number of fused-ring (bicyclic) bond motifs is 3. The third kappa shape index (κ3) is 4.34. The number of nitrogens with zero attached hydrogens (tertiary/aromatic N) is 1. The zero-order chi connectivity index (χ0) is 22.3. The highest BCUT2D eigenvalue weighted by Gasteiger charge is 2.31. The smallest absolute Gasteiger partial charge is 0.304 e. The standard InChI is InChI=1S/C23H23ClFNO4S/c1-31(29,30)20-13-17(25)12-19-18-4-2-3-15(11-21(27)28)22(18)26(23(19)20)10-9-14-5-7-16(24)8-6-14/h5-8,12-13,15H,2-4,9-11H2,1H3,(H,27,28)/t15-/m1/s1. The van der Waals surface area contributed by atoms with E-state index in [1.807, 2.05) is 16.7 Å². The molecule has 0 amide bonds. The van der Waals surface area contributed by atoms with Gasteiger partial charge in [-0.25, -0.2) is 12.8 Å². The molecule has 0 bridgehead atoms. The number of aryl methyl sites for hydroxylation is 3. The Morgan fingerprint density at radius 3 is 2.61 bits per heavy atom. The van der Waals surface area contributed by atoms with E-state index in [0.29, 0.717) is 41.7 Å². The molecular formula is C23H23ClFNO4S. The van der Waals surface area contributed by atoms with Crippen molar-refractivity contribution in [1.29, 1.82) is 0 Å². The lowest BCUT2D eigenvalue weighted by molar-refractivity contribution is -0.137. The lowest BCUT2D eigenvalue weighted by Crippen LogP contribution is -2.18. The zero-order valence-corrected chi connectivity index (χ0v) is 18.6. The highest BCUT2D eigenvalue weighted by molar-refractivity contribution is 7.91. The largest absolute Gasteiger partial charge is 0.481 e. The highest BCUT2D eigenvalue weighted by Crippen LogP contribution is 2.42. The molecule has 1 N–H and O–H groups in total. The number of carboxylic acid groups (broad SMARTS) is 1. The number of sulfone groups is 1. The van der Waals surface area contributed by atoms with Crippen LogP contribution >= 0.6 is 11.6 Å². The third-order valence-corrected chi connectivity index (χ3v) is 7.32. The molecule has 164 valence electrons. The van der Waals surface area contributed by atoms with Gasteiger partial charge in [-0.05, 0) is 61.1 Å². The first-order valence-corrected chi connectivity index (χ1v) is 12.4. The summed E-state index contributed by atoms with van der Waals surface area (Å²) in [6.45, 7) is 0.456. The molecule has 0 saturated carbocycles. The molecule has 0 unspecified atom stereocenters. The van der Waals surface area contributed by atoms with Crippen molar-refractivity contribution >= 4 is 38.3 Å². The van der Waals surface area contributed by atoms with Crippen molar-refractivity contribution in [2.24, 2.45) is 0 Å². The molecule has 0 fully saturated rings. The van der Waals surface area contributed by atoms with E-state index in [0.717, 1.165) is 35.6 Å². The van der Waals surface area contributed by atoms with Crippen molar-refractivity contribution in [3.05, 3.63) is 64.1 Å². The van der Waals surface area contributed by atoms with Gasteiger partial charge in [-0.2, -0.15) is 0 Å². The molecule has 1 aromatic heterocycles. The van der Waals surface area contributed by atoms with Gasteiger partial charge in [0.2, 0.25) is 0 Å². The average Bonchev–Trinajstić information content (AvgIpc) is 3.00. The summed E-state index contributed by atoms with van der Waals surface area (Å²) in [5.41, 5.74) is 3.19. The van der Waals surface area contributed by atoms with Crippen LogP contribution in [0.15, 0.2) is 41.3 Å². The molecule has 31 heavy (non-hydrogen) atoms. The molecular weight excluding hydrogens is 441 g/mol. The summed E-state index contributed by atoms with van der Waals surface area (Å²) in [5.74, 6) is -1.75. The van der Waals surface area contributed by atoms with Gasteiger partial charge < -0.3 is 9.67 Å². The Kier molecular flexibility index (Phi) is 5.83. The minimum absolute atomic E-state index is 0.0407. The van der Waals surface area contributed by atoms with E-state index in [1.54, 1.807) is 12.1 Å². The molecule has 8 heteroatoms. The molecule has 2 aromatic carbocycles. The second-order valence-electron chi connectivity index (χ2n) is 8.15. The molecule has 0 spiro atoms. The summed E-state index contributed by atoms with van der Waals surface area (Å²) < 4.78 is 41.4. The van der Waals surface area contributed by atoms with Gasteiger partial charge in [-0.3, -0.25) is 4.79 Å². The number of carbonyl (C=O) groups is 1. The van der Waals surface area contributed by atoms with Gasteiger partial charge in [0.15, 0.2) is 9.84 Å². The first kappa shape index (κ1) is 21.8. The van der Waals surface area contributed by atoms with Gasteiger partial charge >= 0.3 is 5.97 Å². The van der Waals surface area contributed by atoms with Crippen molar-refractivity contribution in [2.45, 2.75) is 49.5 Å². The summed E-state index contributed by atoms with van der Waals surface area (Å²) in [6, 6.07) is 9.85. The van der Waals surface area contributed by atoms with Crippen LogP contribution in [0.1, 0.15) is 42.0 Å². The summed E-state index contributed by atoms with van der Waals surface area (Å²) >= 11 is 5.97. The summed E-state index contributed by atoms with van der Waals surface area (Å²) in [4.78, 5) is 11.5. The summed E-state index contributed by atoms with van der Waals surface area (Å²) in [6.07, 6.45) is 3.79.